The maximum Gasteiger partial charge on any atom is 0.201 e. The SMILES string of the molecule is CC=CC1CC=C(c2ccc(-c3ccc(-c4ccc(OCCCCCCCCC)c(F)c4F)cc3)c(F)c2)CC1. The summed E-state index contributed by atoms with van der Waals surface area (Å²) in [4.78, 5) is 0. The van der Waals surface area contributed by atoms with Gasteiger partial charge in [-0.05, 0) is 79.0 Å². The lowest BCUT2D eigenvalue weighted by atomic mass is 9.86. The number of halogens is 3. The van der Waals surface area contributed by atoms with E-state index in [2.05, 4.69) is 25.2 Å². The van der Waals surface area contributed by atoms with Gasteiger partial charge in [0.2, 0.25) is 5.82 Å². The van der Waals surface area contributed by atoms with Crippen LogP contribution < -0.4 is 4.74 Å². The lowest BCUT2D eigenvalue weighted by Gasteiger charge is -2.20. The molecule has 212 valence electrons. The Labute approximate surface area is 237 Å². The van der Waals surface area contributed by atoms with Crippen molar-refractivity contribution in [2.75, 3.05) is 6.61 Å². The second kappa shape index (κ2) is 14.9. The summed E-state index contributed by atoms with van der Waals surface area (Å²) >= 11 is 0. The van der Waals surface area contributed by atoms with Crippen LogP contribution in [0.15, 0.2) is 72.8 Å². The highest BCUT2D eigenvalue weighted by molar-refractivity contribution is 5.74. The van der Waals surface area contributed by atoms with Crippen LogP contribution in [-0.4, -0.2) is 6.61 Å². The molecule has 0 aromatic heterocycles. The molecule has 1 aliphatic carbocycles. The van der Waals surface area contributed by atoms with Gasteiger partial charge in [0.05, 0.1) is 6.61 Å². The van der Waals surface area contributed by atoms with Crippen molar-refractivity contribution in [3.63, 3.8) is 0 Å². The third-order valence-electron chi connectivity index (χ3n) is 7.82. The van der Waals surface area contributed by atoms with Crippen molar-refractivity contribution in [3.8, 4) is 28.0 Å². The van der Waals surface area contributed by atoms with E-state index in [9.17, 15) is 8.78 Å². The molecular weight excluding hydrogens is 505 g/mol. The minimum absolute atomic E-state index is 0.0588. The van der Waals surface area contributed by atoms with Gasteiger partial charge in [-0.2, -0.15) is 4.39 Å². The number of unbranched alkanes of at least 4 members (excludes halogenated alkanes) is 6. The van der Waals surface area contributed by atoms with Gasteiger partial charge in [0.25, 0.3) is 0 Å². The fraction of sp³-hybridized carbons (Fsp3) is 0.389. The van der Waals surface area contributed by atoms with Crippen molar-refractivity contribution in [2.45, 2.75) is 78.1 Å². The van der Waals surface area contributed by atoms with E-state index >= 15 is 4.39 Å². The Bertz CT molecular complexity index is 1310. The minimum Gasteiger partial charge on any atom is -0.490 e. The Kier molecular flexibility index (Phi) is 11.1. The Morgan fingerprint density at radius 2 is 1.43 bits per heavy atom. The maximum absolute atomic E-state index is 15.1. The van der Waals surface area contributed by atoms with Crippen LogP contribution in [0.5, 0.6) is 5.75 Å². The van der Waals surface area contributed by atoms with E-state index in [0.717, 1.165) is 44.1 Å². The lowest BCUT2D eigenvalue weighted by Crippen LogP contribution is -2.03. The van der Waals surface area contributed by atoms with Crippen molar-refractivity contribution in [1.29, 1.82) is 0 Å². The quantitative estimate of drug-likeness (QED) is 0.153. The molecule has 40 heavy (non-hydrogen) atoms. The molecule has 1 aliphatic rings. The predicted octanol–water partition coefficient (Wildman–Crippen LogP) is 11.3. The molecule has 1 unspecified atom stereocenters. The molecule has 0 spiro atoms. The average Bonchev–Trinajstić information content (AvgIpc) is 2.97. The van der Waals surface area contributed by atoms with E-state index in [-0.39, 0.29) is 17.1 Å². The fourth-order valence-electron chi connectivity index (χ4n) is 5.45. The Morgan fingerprint density at radius 3 is 2.08 bits per heavy atom. The molecule has 0 radical (unpaired) electrons. The van der Waals surface area contributed by atoms with Crippen LogP contribution in [0.1, 0.15) is 83.6 Å². The van der Waals surface area contributed by atoms with Gasteiger partial charge in [0.15, 0.2) is 11.6 Å². The Morgan fingerprint density at radius 1 is 0.775 bits per heavy atom. The van der Waals surface area contributed by atoms with E-state index in [1.165, 1.54) is 37.3 Å². The van der Waals surface area contributed by atoms with Gasteiger partial charge in [-0.25, -0.2) is 8.78 Å². The van der Waals surface area contributed by atoms with Gasteiger partial charge >= 0.3 is 0 Å². The summed E-state index contributed by atoms with van der Waals surface area (Å²) in [5, 5.41) is 0. The van der Waals surface area contributed by atoms with Gasteiger partial charge < -0.3 is 4.74 Å². The molecule has 0 N–H and O–H groups in total. The zero-order chi connectivity index (χ0) is 28.3. The maximum atomic E-state index is 15.1. The third kappa shape index (κ3) is 7.68. The molecule has 3 aromatic carbocycles. The molecule has 0 saturated heterocycles. The molecule has 3 aromatic rings. The molecule has 1 nitrogen and oxygen atoms in total. The summed E-state index contributed by atoms with van der Waals surface area (Å²) in [5.41, 5.74) is 3.97. The zero-order valence-corrected chi connectivity index (χ0v) is 23.8. The number of ether oxygens (including phenoxy) is 1. The van der Waals surface area contributed by atoms with Gasteiger partial charge in [-0.15, -0.1) is 0 Å². The molecule has 0 saturated carbocycles. The summed E-state index contributed by atoms with van der Waals surface area (Å²) in [7, 11) is 0. The van der Waals surface area contributed by atoms with Crippen LogP contribution in [0.3, 0.4) is 0 Å². The van der Waals surface area contributed by atoms with Gasteiger partial charge in [0, 0.05) is 11.1 Å². The van der Waals surface area contributed by atoms with Gasteiger partial charge in [-0.1, -0.05) is 100 Å². The summed E-state index contributed by atoms with van der Waals surface area (Å²) in [6.07, 6.45) is 17.5. The number of allylic oxidation sites excluding steroid dienone is 4. The van der Waals surface area contributed by atoms with Crippen molar-refractivity contribution in [3.05, 3.63) is 95.8 Å². The highest BCUT2D eigenvalue weighted by atomic mass is 19.2. The first kappa shape index (κ1) is 29.7. The largest absolute Gasteiger partial charge is 0.490 e. The molecule has 0 bridgehead atoms. The standard InChI is InChI=1S/C36H41F3O/c1-3-5-6-7-8-9-10-24-40-34-23-22-32(35(38)36(34)39)29-18-16-28(17-19-29)31-21-20-30(25-33(31)37)27-14-12-26(11-4-2)13-15-27/h4,11,14,16-23,25-26H,3,5-10,12-13,15,24H2,1-2H3. The Hall–Kier alpha value is -3.27. The molecule has 0 aliphatic heterocycles. The van der Waals surface area contributed by atoms with Gasteiger partial charge in [-0.3, -0.25) is 0 Å². The first-order valence-corrected chi connectivity index (χ1v) is 14.8. The molecule has 1 atom stereocenters. The fourth-order valence-corrected chi connectivity index (χ4v) is 5.45. The van der Waals surface area contributed by atoms with E-state index in [1.807, 2.05) is 13.0 Å². The van der Waals surface area contributed by atoms with Crippen molar-refractivity contribution in [2.24, 2.45) is 5.92 Å². The third-order valence-corrected chi connectivity index (χ3v) is 7.82. The predicted molar refractivity (Wildman–Crippen MR) is 161 cm³/mol. The van der Waals surface area contributed by atoms with Crippen molar-refractivity contribution in [1.82, 2.24) is 0 Å². The van der Waals surface area contributed by atoms with Gasteiger partial charge in [0.1, 0.15) is 5.82 Å². The first-order valence-electron chi connectivity index (χ1n) is 14.8. The van der Waals surface area contributed by atoms with Crippen molar-refractivity contribution >= 4 is 5.57 Å². The summed E-state index contributed by atoms with van der Waals surface area (Å²) in [6, 6.07) is 15.3. The molecule has 0 heterocycles. The average molecular weight is 547 g/mol. The second-order valence-electron chi connectivity index (χ2n) is 10.8. The number of benzene rings is 3. The highest BCUT2D eigenvalue weighted by Crippen LogP contribution is 2.35. The Balaban J connectivity index is 1.38. The second-order valence-corrected chi connectivity index (χ2v) is 10.8. The normalized spacial score (nSPS) is 15.4. The van der Waals surface area contributed by atoms with Crippen LogP contribution >= 0.6 is 0 Å². The van der Waals surface area contributed by atoms with E-state index in [4.69, 9.17) is 4.74 Å². The van der Waals surface area contributed by atoms with Crippen LogP contribution in [0.25, 0.3) is 27.8 Å². The van der Waals surface area contributed by atoms with E-state index < -0.39 is 11.6 Å². The van der Waals surface area contributed by atoms with Crippen LogP contribution in [0, 0.1) is 23.4 Å². The lowest BCUT2D eigenvalue weighted by molar-refractivity contribution is 0.285. The van der Waals surface area contributed by atoms with Crippen LogP contribution in [0.2, 0.25) is 0 Å². The number of hydrogen-bond donors (Lipinski definition) is 0. The topological polar surface area (TPSA) is 9.23 Å². The smallest absolute Gasteiger partial charge is 0.201 e. The van der Waals surface area contributed by atoms with Crippen molar-refractivity contribution < 1.29 is 17.9 Å². The summed E-state index contributed by atoms with van der Waals surface area (Å²) < 4.78 is 50.4. The highest BCUT2D eigenvalue weighted by Gasteiger charge is 2.17. The van der Waals surface area contributed by atoms with E-state index in [0.29, 0.717) is 29.2 Å². The minimum atomic E-state index is -0.972. The molecule has 4 heteroatoms. The monoisotopic (exact) mass is 546 g/mol. The van der Waals surface area contributed by atoms with E-state index in [1.54, 1.807) is 42.5 Å². The molecule has 0 amide bonds. The van der Waals surface area contributed by atoms with Crippen LogP contribution in [0.4, 0.5) is 13.2 Å². The van der Waals surface area contributed by atoms with Crippen LogP contribution in [-0.2, 0) is 0 Å². The molecule has 4 rings (SSSR count). The summed E-state index contributed by atoms with van der Waals surface area (Å²) in [6.45, 7) is 4.60. The summed E-state index contributed by atoms with van der Waals surface area (Å²) in [5.74, 6) is -1.69. The molecule has 0 fully saturated rings. The zero-order valence-electron chi connectivity index (χ0n) is 23.8. The first-order chi connectivity index (χ1) is 19.5. The number of rotatable bonds is 13. The molecular formula is C36H41F3O. The number of hydrogen-bond acceptors (Lipinski definition) is 1.